The lowest BCUT2D eigenvalue weighted by Gasteiger charge is -2.17. The van der Waals surface area contributed by atoms with Crippen molar-refractivity contribution in [1.29, 1.82) is 0 Å². The number of carbonyl (C=O) groups is 1. The minimum absolute atomic E-state index is 0.0561. The number of nitro benzene ring substituents is 1. The first-order chi connectivity index (χ1) is 14.5. The fourth-order valence-corrected chi connectivity index (χ4v) is 3.31. The highest BCUT2D eigenvalue weighted by molar-refractivity contribution is 6.07. The van der Waals surface area contributed by atoms with E-state index in [9.17, 15) is 24.5 Å². The van der Waals surface area contributed by atoms with Crippen LogP contribution in [0.1, 0.15) is 29.9 Å². The molecule has 3 rings (SSSR count). The van der Waals surface area contributed by atoms with Gasteiger partial charge < -0.3 is 4.74 Å². The number of aromatic nitrogens is 3. The van der Waals surface area contributed by atoms with E-state index in [1.165, 1.54) is 42.9 Å². The molecular formula is C21H22N4O6. The number of nitro groups is 1. The second kappa shape index (κ2) is 8.13. The van der Waals surface area contributed by atoms with Gasteiger partial charge in [-0.25, -0.2) is 14.6 Å². The predicted octanol–water partition coefficient (Wildman–Crippen LogP) is 2.33. The third-order valence-corrected chi connectivity index (χ3v) is 4.89. The highest BCUT2D eigenvalue weighted by Gasteiger charge is 2.26. The molecule has 0 aliphatic rings. The average Bonchev–Trinajstić information content (AvgIpc) is 2.73. The molecule has 0 N–H and O–H groups in total. The van der Waals surface area contributed by atoms with Crippen LogP contribution in [0.15, 0.2) is 33.9 Å². The lowest BCUT2D eigenvalue weighted by atomic mass is 9.95. The molecular weight excluding hydrogens is 404 g/mol. The van der Waals surface area contributed by atoms with Crippen LogP contribution >= 0.6 is 0 Å². The van der Waals surface area contributed by atoms with E-state index in [4.69, 9.17) is 4.74 Å². The number of ether oxygens (including phenoxy) is 1. The van der Waals surface area contributed by atoms with Crippen molar-refractivity contribution >= 4 is 22.7 Å². The van der Waals surface area contributed by atoms with Crippen LogP contribution in [0.2, 0.25) is 0 Å². The first-order valence-electron chi connectivity index (χ1n) is 9.56. The molecule has 2 heterocycles. The molecule has 0 saturated heterocycles. The lowest BCUT2D eigenvalue weighted by molar-refractivity contribution is -0.384. The van der Waals surface area contributed by atoms with Crippen molar-refractivity contribution in [2.24, 2.45) is 20.0 Å². The number of hydrogen-bond acceptors (Lipinski definition) is 7. The van der Waals surface area contributed by atoms with Gasteiger partial charge in [0, 0.05) is 31.8 Å². The largest absolute Gasteiger partial charge is 0.462 e. The molecule has 1 aromatic carbocycles. The first kappa shape index (κ1) is 21.9. The number of rotatable bonds is 5. The molecule has 0 unspecified atom stereocenters. The fourth-order valence-electron chi connectivity index (χ4n) is 3.31. The van der Waals surface area contributed by atoms with Gasteiger partial charge in [-0.1, -0.05) is 13.8 Å². The monoisotopic (exact) mass is 426 g/mol. The minimum atomic E-state index is -0.662. The van der Waals surface area contributed by atoms with E-state index >= 15 is 0 Å². The molecule has 0 fully saturated rings. The molecule has 10 heteroatoms. The number of pyridine rings is 1. The SMILES string of the molecule is Cc1nc2c(c(-c3ccc([N+](=O)[O-])cc3)c1C(=O)OCC(C)C)c(=O)n(C)c(=O)n2C. The highest BCUT2D eigenvalue weighted by Crippen LogP contribution is 2.32. The van der Waals surface area contributed by atoms with E-state index < -0.39 is 22.1 Å². The number of benzene rings is 1. The maximum atomic E-state index is 13.1. The van der Waals surface area contributed by atoms with Gasteiger partial charge in [0.05, 0.1) is 28.2 Å². The summed E-state index contributed by atoms with van der Waals surface area (Å²) in [7, 11) is 2.81. The Bertz CT molecular complexity index is 1320. The summed E-state index contributed by atoms with van der Waals surface area (Å²) in [5.41, 5.74) is -0.236. The zero-order valence-electron chi connectivity index (χ0n) is 17.8. The summed E-state index contributed by atoms with van der Waals surface area (Å²) in [6.45, 7) is 5.53. The van der Waals surface area contributed by atoms with Gasteiger partial charge in [0.25, 0.3) is 11.2 Å². The summed E-state index contributed by atoms with van der Waals surface area (Å²) in [6, 6.07) is 5.48. The molecule has 0 radical (unpaired) electrons. The average molecular weight is 426 g/mol. The summed E-state index contributed by atoms with van der Waals surface area (Å²) in [4.78, 5) is 53.3. The van der Waals surface area contributed by atoms with Gasteiger partial charge in [0.2, 0.25) is 0 Å². The van der Waals surface area contributed by atoms with Gasteiger partial charge in [-0.2, -0.15) is 0 Å². The summed E-state index contributed by atoms with van der Waals surface area (Å²) in [5.74, 6) is -0.570. The Hall–Kier alpha value is -3.82. The maximum Gasteiger partial charge on any atom is 0.340 e. The lowest BCUT2D eigenvalue weighted by Crippen LogP contribution is -2.38. The molecule has 3 aromatic rings. The molecule has 10 nitrogen and oxygen atoms in total. The van der Waals surface area contributed by atoms with Crippen molar-refractivity contribution in [3.05, 3.63) is 66.5 Å². The number of fused-ring (bicyclic) bond motifs is 1. The first-order valence-corrected chi connectivity index (χ1v) is 9.56. The van der Waals surface area contributed by atoms with E-state index in [1.54, 1.807) is 6.92 Å². The second-order valence-corrected chi connectivity index (χ2v) is 7.65. The Labute approximate surface area is 176 Å². The van der Waals surface area contributed by atoms with Gasteiger partial charge in [-0.3, -0.25) is 24.0 Å². The third kappa shape index (κ3) is 3.83. The van der Waals surface area contributed by atoms with Crippen molar-refractivity contribution in [2.45, 2.75) is 20.8 Å². The Kier molecular flexibility index (Phi) is 5.74. The summed E-state index contributed by atoms with van der Waals surface area (Å²) in [6.07, 6.45) is 0. The van der Waals surface area contributed by atoms with Crippen LogP contribution in [0, 0.1) is 23.0 Å². The van der Waals surface area contributed by atoms with Crippen LogP contribution in [0.25, 0.3) is 22.2 Å². The van der Waals surface area contributed by atoms with Gasteiger partial charge in [-0.15, -0.1) is 0 Å². The molecule has 162 valence electrons. The maximum absolute atomic E-state index is 13.1. The summed E-state index contributed by atoms with van der Waals surface area (Å²) >= 11 is 0. The van der Waals surface area contributed by atoms with Crippen LogP contribution < -0.4 is 11.2 Å². The van der Waals surface area contributed by atoms with Crippen molar-refractivity contribution in [2.75, 3.05) is 6.61 Å². The zero-order valence-corrected chi connectivity index (χ0v) is 17.8. The van der Waals surface area contributed by atoms with Crippen LogP contribution in [0.4, 0.5) is 5.69 Å². The Morgan fingerprint density at radius 2 is 1.77 bits per heavy atom. The normalized spacial score (nSPS) is 11.2. The van der Waals surface area contributed by atoms with Gasteiger partial charge in [-0.05, 0) is 30.5 Å². The van der Waals surface area contributed by atoms with Crippen molar-refractivity contribution in [3.63, 3.8) is 0 Å². The molecule has 0 amide bonds. The van der Waals surface area contributed by atoms with E-state index in [2.05, 4.69) is 4.98 Å². The van der Waals surface area contributed by atoms with E-state index in [1.807, 2.05) is 13.8 Å². The number of non-ortho nitro benzene ring substituents is 1. The van der Waals surface area contributed by atoms with Crippen molar-refractivity contribution < 1.29 is 14.5 Å². The molecule has 0 saturated carbocycles. The molecule has 0 aliphatic carbocycles. The molecule has 2 aromatic heterocycles. The fraction of sp³-hybridized carbons (Fsp3) is 0.333. The number of esters is 1. The van der Waals surface area contributed by atoms with Crippen LogP contribution in [0.5, 0.6) is 0 Å². The van der Waals surface area contributed by atoms with E-state index in [0.717, 1.165) is 4.57 Å². The van der Waals surface area contributed by atoms with Crippen molar-refractivity contribution in [3.8, 4) is 11.1 Å². The molecule has 0 atom stereocenters. The zero-order chi connectivity index (χ0) is 23.0. The summed E-state index contributed by atoms with van der Waals surface area (Å²) < 4.78 is 7.56. The number of nitrogens with zero attached hydrogens (tertiary/aromatic N) is 4. The Morgan fingerprint density at radius 1 is 1.16 bits per heavy atom. The quantitative estimate of drug-likeness (QED) is 0.348. The predicted molar refractivity (Wildman–Crippen MR) is 114 cm³/mol. The molecule has 0 spiro atoms. The second-order valence-electron chi connectivity index (χ2n) is 7.65. The smallest absolute Gasteiger partial charge is 0.340 e. The number of hydrogen-bond donors (Lipinski definition) is 0. The third-order valence-electron chi connectivity index (χ3n) is 4.89. The molecule has 0 bridgehead atoms. The molecule has 31 heavy (non-hydrogen) atoms. The number of aryl methyl sites for hydroxylation is 2. The van der Waals surface area contributed by atoms with Crippen molar-refractivity contribution in [1.82, 2.24) is 14.1 Å². The Balaban J connectivity index is 2.45. The number of carbonyl (C=O) groups excluding carboxylic acids is 1. The molecule has 0 aliphatic heterocycles. The van der Waals surface area contributed by atoms with E-state index in [0.29, 0.717) is 5.56 Å². The standard InChI is InChI=1S/C21H22N4O6/c1-11(2)10-31-20(27)15-12(3)22-18-17(19(26)24(5)21(28)23(18)4)16(15)13-6-8-14(9-7-13)25(29)30/h6-9,11H,10H2,1-5H3. The van der Waals surface area contributed by atoms with E-state index in [-0.39, 0.29) is 46.1 Å². The van der Waals surface area contributed by atoms with Crippen LogP contribution in [-0.2, 0) is 18.8 Å². The van der Waals surface area contributed by atoms with Crippen LogP contribution in [0.3, 0.4) is 0 Å². The highest BCUT2D eigenvalue weighted by atomic mass is 16.6. The van der Waals surface area contributed by atoms with Crippen LogP contribution in [-0.4, -0.2) is 31.6 Å². The Morgan fingerprint density at radius 3 is 2.32 bits per heavy atom. The topological polar surface area (TPSA) is 126 Å². The van der Waals surface area contributed by atoms with Gasteiger partial charge in [0.1, 0.15) is 5.65 Å². The summed E-state index contributed by atoms with van der Waals surface area (Å²) in [5, 5.41) is 11.1. The van der Waals surface area contributed by atoms with Gasteiger partial charge >= 0.3 is 11.7 Å². The minimum Gasteiger partial charge on any atom is -0.462 e. The van der Waals surface area contributed by atoms with Gasteiger partial charge in [0.15, 0.2) is 0 Å².